The summed E-state index contributed by atoms with van der Waals surface area (Å²) in [5.41, 5.74) is 3.41. The number of thiophene rings is 1. The Kier molecular flexibility index (Phi) is 9.55. The van der Waals surface area contributed by atoms with Crippen LogP contribution in [0.15, 0.2) is 69.9 Å². The van der Waals surface area contributed by atoms with E-state index in [1.165, 1.54) is 28.7 Å². The first-order valence-corrected chi connectivity index (χ1v) is 14.4. The van der Waals surface area contributed by atoms with Crippen LogP contribution in [0, 0.1) is 6.92 Å². The number of Topliss-reactive ketones (excluding diaryl/α,β-unsaturated/α-hetero) is 1. The zero-order chi connectivity index (χ0) is 26.2. The maximum atomic E-state index is 13.1. The maximum absolute atomic E-state index is 13.1. The monoisotopic (exact) mass is 553 g/mol. The van der Waals surface area contributed by atoms with E-state index in [1.54, 1.807) is 28.8 Å². The molecule has 4 rings (SSSR count). The van der Waals surface area contributed by atoms with Crippen LogP contribution in [-0.4, -0.2) is 27.0 Å². The highest BCUT2D eigenvalue weighted by Gasteiger charge is 2.15. The molecule has 0 atom stereocenters. The number of ketones is 1. The number of aryl methyl sites for hydroxylation is 1. The highest BCUT2D eigenvalue weighted by atomic mass is 35.5. The van der Waals surface area contributed by atoms with E-state index in [0.717, 1.165) is 24.8 Å². The van der Waals surface area contributed by atoms with Gasteiger partial charge in [-0.3, -0.25) is 19.0 Å². The summed E-state index contributed by atoms with van der Waals surface area (Å²) in [6, 6.07) is 16.7. The third-order valence-corrected chi connectivity index (χ3v) is 8.05. The number of fused-ring (bicyclic) bond motifs is 1. The summed E-state index contributed by atoms with van der Waals surface area (Å²) in [6.45, 7) is 3.05. The van der Waals surface area contributed by atoms with Crippen molar-refractivity contribution in [3.63, 3.8) is 0 Å². The molecule has 0 unspecified atom stereocenters. The molecule has 6 nitrogen and oxygen atoms in total. The third-order valence-electron chi connectivity index (χ3n) is 5.93. The molecule has 0 aliphatic carbocycles. The molecule has 0 bridgehead atoms. The SMILES string of the molecule is Cc1ccc(CNC(=O)CCCCCn2c(SCC(=O)c3ccc(Cl)cc3)nc3ccsc3c2=O)cc1. The minimum Gasteiger partial charge on any atom is -0.352 e. The third kappa shape index (κ3) is 7.53. The van der Waals surface area contributed by atoms with Crippen LogP contribution in [0.5, 0.6) is 0 Å². The van der Waals surface area contributed by atoms with Crippen molar-refractivity contribution in [2.75, 3.05) is 5.75 Å². The number of hydrogen-bond donors (Lipinski definition) is 1. The Labute approximate surface area is 229 Å². The number of aromatic nitrogens is 2. The number of carbonyl (C=O) groups is 2. The minimum atomic E-state index is -0.0858. The van der Waals surface area contributed by atoms with E-state index >= 15 is 0 Å². The van der Waals surface area contributed by atoms with Crippen molar-refractivity contribution in [3.05, 3.63) is 92.0 Å². The lowest BCUT2D eigenvalue weighted by Crippen LogP contribution is -2.23. The molecule has 0 saturated carbocycles. The van der Waals surface area contributed by atoms with Crippen molar-refractivity contribution in [2.24, 2.45) is 0 Å². The van der Waals surface area contributed by atoms with Crippen molar-refractivity contribution >= 4 is 56.6 Å². The van der Waals surface area contributed by atoms with Crippen LogP contribution in [0.4, 0.5) is 0 Å². The number of nitrogens with zero attached hydrogens (tertiary/aromatic N) is 2. The Morgan fingerprint density at radius 1 is 1.03 bits per heavy atom. The first kappa shape index (κ1) is 27.1. The van der Waals surface area contributed by atoms with Crippen molar-refractivity contribution in [3.8, 4) is 0 Å². The summed E-state index contributed by atoms with van der Waals surface area (Å²) in [5.74, 6) is 0.145. The van der Waals surface area contributed by atoms with Gasteiger partial charge in [0.25, 0.3) is 5.56 Å². The van der Waals surface area contributed by atoms with Gasteiger partial charge in [0.2, 0.25) is 5.91 Å². The summed E-state index contributed by atoms with van der Waals surface area (Å²) in [7, 11) is 0. The van der Waals surface area contributed by atoms with Gasteiger partial charge < -0.3 is 5.32 Å². The first-order chi connectivity index (χ1) is 17.9. The average molecular weight is 554 g/mol. The topological polar surface area (TPSA) is 81.1 Å². The normalized spacial score (nSPS) is 11.1. The molecule has 37 heavy (non-hydrogen) atoms. The Morgan fingerprint density at radius 3 is 2.54 bits per heavy atom. The number of nitrogens with one attached hydrogen (secondary N) is 1. The lowest BCUT2D eigenvalue weighted by atomic mass is 10.1. The van der Waals surface area contributed by atoms with Crippen LogP contribution >= 0.6 is 34.7 Å². The molecule has 0 aliphatic rings. The molecule has 2 aromatic carbocycles. The Bertz CT molecular complexity index is 1430. The fourth-order valence-electron chi connectivity index (χ4n) is 3.81. The summed E-state index contributed by atoms with van der Waals surface area (Å²) in [6.07, 6.45) is 2.73. The van der Waals surface area contributed by atoms with Gasteiger partial charge in [0.1, 0.15) is 4.70 Å². The second-order valence-electron chi connectivity index (χ2n) is 8.78. The van der Waals surface area contributed by atoms with E-state index in [0.29, 0.717) is 45.5 Å². The molecule has 4 aromatic rings. The predicted octanol–water partition coefficient (Wildman–Crippen LogP) is 6.27. The molecule has 2 aromatic heterocycles. The smallest absolute Gasteiger partial charge is 0.272 e. The van der Waals surface area contributed by atoms with E-state index in [2.05, 4.69) is 10.3 Å². The maximum Gasteiger partial charge on any atom is 0.272 e. The van der Waals surface area contributed by atoms with Crippen LogP contribution in [0.1, 0.15) is 47.2 Å². The number of benzene rings is 2. The fourth-order valence-corrected chi connectivity index (χ4v) is 5.63. The molecule has 0 fully saturated rings. The molecule has 9 heteroatoms. The van der Waals surface area contributed by atoms with Crippen molar-refractivity contribution < 1.29 is 9.59 Å². The van der Waals surface area contributed by atoms with Crippen molar-refractivity contribution in [1.29, 1.82) is 0 Å². The quantitative estimate of drug-likeness (QED) is 0.0967. The lowest BCUT2D eigenvalue weighted by Gasteiger charge is -2.12. The van der Waals surface area contributed by atoms with E-state index in [-0.39, 0.29) is 23.0 Å². The molecule has 0 saturated heterocycles. The average Bonchev–Trinajstić information content (AvgIpc) is 3.37. The summed E-state index contributed by atoms with van der Waals surface area (Å²) in [4.78, 5) is 42.6. The van der Waals surface area contributed by atoms with Gasteiger partial charge in [-0.1, -0.05) is 59.6 Å². The standard InChI is InChI=1S/C28H28ClN3O3S2/c1-19-6-8-20(9-7-19)17-30-25(34)5-3-2-4-15-32-27(35)26-23(14-16-36-26)31-28(32)37-18-24(33)21-10-12-22(29)13-11-21/h6-14,16H,2-5,15,17-18H2,1H3,(H,30,34). The van der Waals surface area contributed by atoms with Gasteiger partial charge in [-0.2, -0.15) is 0 Å². The van der Waals surface area contributed by atoms with Crippen molar-refractivity contribution in [2.45, 2.75) is 50.9 Å². The summed E-state index contributed by atoms with van der Waals surface area (Å²) in [5, 5.41) is 5.93. The van der Waals surface area contributed by atoms with E-state index in [9.17, 15) is 14.4 Å². The first-order valence-electron chi connectivity index (χ1n) is 12.1. The Morgan fingerprint density at radius 2 is 1.78 bits per heavy atom. The molecule has 2 heterocycles. The van der Waals surface area contributed by atoms with Crippen LogP contribution in [0.25, 0.3) is 10.2 Å². The molecule has 0 radical (unpaired) electrons. The molecule has 0 aliphatic heterocycles. The number of thioether (sulfide) groups is 1. The second-order valence-corrected chi connectivity index (χ2v) is 11.1. The molecule has 1 N–H and O–H groups in total. The Balaban J connectivity index is 1.30. The van der Waals surface area contributed by atoms with Gasteiger partial charge in [0.15, 0.2) is 10.9 Å². The lowest BCUT2D eigenvalue weighted by molar-refractivity contribution is -0.121. The van der Waals surface area contributed by atoms with E-state index in [4.69, 9.17) is 11.6 Å². The Hall–Kier alpha value is -2.94. The van der Waals surface area contributed by atoms with Gasteiger partial charge >= 0.3 is 0 Å². The van der Waals surface area contributed by atoms with Gasteiger partial charge in [-0.15, -0.1) is 11.3 Å². The molecule has 192 valence electrons. The zero-order valence-corrected chi connectivity index (χ0v) is 22.9. The summed E-state index contributed by atoms with van der Waals surface area (Å²) < 4.78 is 2.28. The van der Waals surface area contributed by atoms with Crippen LogP contribution < -0.4 is 10.9 Å². The largest absolute Gasteiger partial charge is 0.352 e. The van der Waals surface area contributed by atoms with E-state index in [1.807, 2.05) is 42.6 Å². The number of rotatable bonds is 12. The number of carbonyl (C=O) groups excluding carboxylic acids is 2. The zero-order valence-electron chi connectivity index (χ0n) is 20.5. The predicted molar refractivity (Wildman–Crippen MR) is 152 cm³/mol. The number of unbranched alkanes of at least 4 members (excludes halogenated alkanes) is 2. The van der Waals surface area contributed by atoms with Crippen LogP contribution in [-0.2, 0) is 17.9 Å². The molecule has 0 spiro atoms. The number of hydrogen-bond acceptors (Lipinski definition) is 6. The van der Waals surface area contributed by atoms with Crippen LogP contribution in [0.2, 0.25) is 5.02 Å². The number of halogens is 1. The van der Waals surface area contributed by atoms with Gasteiger partial charge in [-0.25, -0.2) is 4.98 Å². The van der Waals surface area contributed by atoms with Crippen molar-refractivity contribution in [1.82, 2.24) is 14.9 Å². The van der Waals surface area contributed by atoms with Gasteiger partial charge in [0, 0.05) is 30.1 Å². The molecular formula is C28H28ClN3O3S2. The molecule has 1 amide bonds. The summed E-state index contributed by atoms with van der Waals surface area (Å²) >= 11 is 8.56. The highest BCUT2D eigenvalue weighted by Crippen LogP contribution is 2.23. The second kappa shape index (κ2) is 13.0. The highest BCUT2D eigenvalue weighted by molar-refractivity contribution is 7.99. The van der Waals surface area contributed by atoms with Crippen LogP contribution in [0.3, 0.4) is 0 Å². The number of amides is 1. The van der Waals surface area contributed by atoms with Gasteiger partial charge in [0.05, 0.1) is 11.3 Å². The molecular weight excluding hydrogens is 526 g/mol. The minimum absolute atomic E-state index is 0.0244. The van der Waals surface area contributed by atoms with E-state index < -0.39 is 0 Å². The fraction of sp³-hybridized carbons (Fsp3) is 0.286. The van der Waals surface area contributed by atoms with Gasteiger partial charge in [-0.05, 0) is 61.0 Å².